The molecule has 0 aliphatic heterocycles. The number of carbonyl (C=O) groups is 1. The molecule has 0 aliphatic carbocycles. The SMILES string of the molecule is Cc1cc(Br)ccc1SCC(=O)NCc1ccnc(N(C)C)c1. The molecule has 2 rings (SSSR count). The van der Waals surface area contributed by atoms with Gasteiger partial charge in [0.1, 0.15) is 5.82 Å². The average Bonchev–Trinajstić information content (AvgIpc) is 2.52. The predicted octanol–water partition coefficient (Wildman–Crippen LogP) is 3.63. The van der Waals surface area contributed by atoms with Crippen LogP contribution in [0.3, 0.4) is 0 Å². The molecule has 2 aromatic rings. The van der Waals surface area contributed by atoms with Gasteiger partial charge in [-0.05, 0) is 48.4 Å². The first-order valence-corrected chi connectivity index (χ1v) is 9.01. The van der Waals surface area contributed by atoms with Crippen molar-refractivity contribution in [3.8, 4) is 0 Å². The molecule has 0 radical (unpaired) electrons. The van der Waals surface area contributed by atoms with Gasteiger partial charge in [-0.15, -0.1) is 11.8 Å². The van der Waals surface area contributed by atoms with Gasteiger partial charge in [0.25, 0.3) is 0 Å². The van der Waals surface area contributed by atoms with Crippen molar-refractivity contribution in [3.05, 3.63) is 52.1 Å². The van der Waals surface area contributed by atoms with Crippen LogP contribution in [-0.2, 0) is 11.3 Å². The fourth-order valence-electron chi connectivity index (χ4n) is 1.98. The van der Waals surface area contributed by atoms with Crippen LogP contribution >= 0.6 is 27.7 Å². The molecule has 0 aliphatic rings. The van der Waals surface area contributed by atoms with Crippen LogP contribution in [0.15, 0.2) is 45.9 Å². The molecule has 6 heteroatoms. The molecule has 0 atom stereocenters. The van der Waals surface area contributed by atoms with Gasteiger partial charge in [-0.2, -0.15) is 0 Å². The predicted molar refractivity (Wildman–Crippen MR) is 100 cm³/mol. The molecule has 23 heavy (non-hydrogen) atoms. The van der Waals surface area contributed by atoms with E-state index in [4.69, 9.17) is 0 Å². The molecule has 0 spiro atoms. The number of pyridine rings is 1. The Morgan fingerprint density at radius 2 is 2.09 bits per heavy atom. The highest BCUT2D eigenvalue weighted by atomic mass is 79.9. The maximum absolute atomic E-state index is 12.0. The van der Waals surface area contributed by atoms with Gasteiger partial charge in [0.15, 0.2) is 0 Å². The van der Waals surface area contributed by atoms with Crippen molar-refractivity contribution in [3.63, 3.8) is 0 Å². The van der Waals surface area contributed by atoms with Crippen LogP contribution in [0.4, 0.5) is 5.82 Å². The molecule has 4 nitrogen and oxygen atoms in total. The smallest absolute Gasteiger partial charge is 0.230 e. The highest BCUT2D eigenvalue weighted by Gasteiger charge is 2.06. The van der Waals surface area contributed by atoms with E-state index in [1.54, 1.807) is 18.0 Å². The van der Waals surface area contributed by atoms with Crippen LogP contribution in [0, 0.1) is 6.92 Å². The lowest BCUT2D eigenvalue weighted by molar-refractivity contribution is -0.118. The Labute approximate surface area is 149 Å². The van der Waals surface area contributed by atoms with Crippen molar-refractivity contribution in [1.29, 1.82) is 0 Å². The topological polar surface area (TPSA) is 45.2 Å². The van der Waals surface area contributed by atoms with Crippen molar-refractivity contribution in [2.45, 2.75) is 18.4 Å². The zero-order chi connectivity index (χ0) is 16.8. The van der Waals surface area contributed by atoms with Gasteiger partial charge >= 0.3 is 0 Å². The Balaban J connectivity index is 1.84. The van der Waals surface area contributed by atoms with Crippen molar-refractivity contribution in [1.82, 2.24) is 10.3 Å². The second-order valence-corrected chi connectivity index (χ2v) is 7.32. The van der Waals surface area contributed by atoms with Crippen LogP contribution in [0.2, 0.25) is 0 Å². The van der Waals surface area contributed by atoms with Gasteiger partial charge in [0.2, 0.25) is 5.91 Å². The number of anilines is 1. The van der Waals surface area contributed by atoms with Gasteiger partial charge in [-0.1, -0.05) is 15.9 Å². The van der Waals surface area contributed by atoms with Crippen molar-refractivity contribution < 1.29 is 4.79 Å². The minimum atomic E-state index is 0.0283. The van der Waals surface area contributed by atoms with E-state index >= 15 is 0 Å². The van der Waals surface area contributed by atoms with Crippen LogP contribution < -0.4 is 10.2 Å². The molecular weight excluding hydrogens is 374 g/mol. The fourth-order valence-corrected chi connectivity index (χ4v) is 3.30. The minimum absolute atomic E-state index is 0.0283. The van der Waals surface area contributed by atoms with E-state index in [2.05, 4.69) is 32.3 Å². The first-order chi connectivity index (χ1) is 11.0. The fraction of sp³-hybridized carbons (Fsp3) is 0.294. The Kier molecular flexibility index (Phi) is 6.47. The molecule has 1 aromatic carbocycles. The number of halogens is 1. The van der Waals surface area contributed by atoms with E-state index in [9.17, 15) is 4.79 Å². The van der Waals surface area contributed by atoms with Crippen LogP contribution in [-0.4, -0.2) is 30.7 Å². The zero-order valence-electron chi connectivity index (χ0n) is 13.5. The molecular formula is C17H20BrN3OS. The van der Waals surface area contributed by atoms with E-state index in [1.807, 2.05) is 50.2 Å². The summed E-state index contributed by atoms with van der Waals surface area (Å²) >= 11 is 5.00. The van der Waals surface area contributed by atoms with Gasteiger partial charge in [-0.25, -0.2) is 4.98 Å². The molecule has 122 valence electrons. The van der Waals surface area contributed by atoms with E-state index in [0.717, 1.165) is 20.7 Å². The van der Waals surface area contributed by atoms with Crippen molar-refractivity contribution in [2.75, 3.05) is 24.7 Å². The second kappa shape index (κ2) is 8.36. The summed E-state index contributed by atoms with van der Waals surface area (Å²) in [4.78, 5) is 19.4. The Hall–Kier alpha value is -1.53. The third-order valence-corrected chi connectivity index (χ3v) is 4.92. The number of hydrogen-bond acceptors (Lipinski definition) is 4. The highest BCUT2D eigenvalue weighted by molar-refractivity contribution is 9.10. The zero-order valence-corrected chi connectivity index (χ0v) is 15.9. The maximum Gasteiger partial charge on any atom is 0.230 e. The standard InChI is InChI=1S/C17H20BrN3OS/c1-12-8-14(18)4-5-15(12)23-11-17(22)20-10-13-6-7-19-16(9-13)21(2)3/h4-9H,10-11H2,1-3H3,(H,20,22). The summed E-state index contributed by atoms with van der Waals surface area (Å²) in [5.74, 6) is 1.32. The van der Waals surface area contributed by atoms with Crippen molar-refractivity contribution >= 4 is 39.4 Å². The van der Waals surface area contributed by atoms with E-state index < -0.39 is 0 Å². The van der Waals surface area contributed by atoms with E-state index in [1.165, 1.54) is 5.56 Å². The number of nitrogens with zero attached hydrogens (tertiary/aromatic N) is 2. The summed E-state index contributed by atoms with van der Waals surface area (Å²) in [5.41, 5.74) is 2.21. The molecule has 0 unspecified atom stereocenters. The van der Waals surface area contributed by atoms with E-state index in [-0.39, 0.29) is 5.91 Å². The van der Waals surface area contributed by atoms with Gasteiger partial charge in [-0.3, -0.25) is 4.79 Å². The summed E-state index contributed by atoms with van der Waals surface area (Å²) in [6.45, 7) is 2.56. The van der Waals surface area contributed by atoms with Gasteiger partial charge in [0, 0.05) is 36.2 Å². The maximum atomic E-state index is 12.0. The van der Waals surface area contributed by atoms with E-state index in [0.29, 0.717) is 12.3 Å². The van der Waals surface area contributed by atoms with Crippen LogP contribution in [0.1, 0.15) is 11.1 Å². The molecule has 0 saturated carbocycles. The Bertz CT molecular complexity index is 691. The van der Waals surface area contributed by atoms with Crippen LogP contribution in [0.5, 0.6) is 0 Å². The largest absolute Gasteiger partial charge is 0.363 e. The number of thioether (sulfide) groups is 1. The number of nitrogens with one attached hydrogen (secondary N) is 1. The molecule has 0 bridgehead atoms. The monoisotopic (exact) mass is 393 g/mol. The summed E-state index contributed by atoms with van der Waals surface area (Å²) in [5, 5.41) is 2.95. The second-order valence-electron chi connectivity index (χ2n) is 5.39. The third kappa shape index (κ3) is 5.55. The Morgan fingerprint density at radius 1 is 1.30 bits per heavy atom. The van der Waals surface area contributed by atoms with Gasteiger partial charge < -0.3 is 10.2 Å². The minimum Gasteiger partial charge on any atom is -0.363 e. The summed E-state index contributed by atoms with van der Waals surface area (Å²) < 4.78 is 1.05. The third-order valence-electron chi connectivity index (χ3n) is 3.25. The normalized spacial score (nSPS) is 10.4. The number of rotatable bonds is 6. The van der Waals surface area contributed by atoms with Crippen LogP contribution in [0.25, 0.3) is 0 Å². The number of aromatic nitrogens is 1. The lowest BCUT2D eigenvalue weighted by atomic mass is 10.2. The first kappa shape index (κ1) is 17.8. The number of aryl methyl sites for hydroxylation is 1. The summed E-state index contributed by atoms with van der Waals surface area (Å²) in [6, 6.07) is 9.97. The average molecular weight is 394 g/mol. The molecule has 0 saturated heterocycles. The molecule has 1 amide bonds. The molecule has 1 heterocycles. The highest BCUT2D eigenvalue weighted by Crippen LogP contribution is 2.25. The van der Waals surface area contributed by atoms with Crippen molar-refractivity contribution in [2.24, 2.45) is 0 Å². The Morgan fingerprint density at radius 3 is 2.78 bits per heavy atom. The quantitative estimate of drug-likeness (QED) is 0.761. The lowest BCUT2D eigenvalue weighted by Crippen LogP contribution is -2.24. The molecule has 1 aromatic heterocycles. The summed E-state index contributed by atoms with van der Waals surface area (Å²) in [7, 11) is 3.89. The number of benzene rings is 1. The molecule has 0 fully saturated rings. The lowest BCUT2D eigenvalue weighted by Gasteiger charge is -2.12. The number of hydrogen-bond donors (Lipinski definition) is 1. The van der Waals surface area contributed by atoms with Gasteiger partial charge in [0.05, 0.1) is 5.75 Å². The number of amides is 1. The molecule has 1 N–H and O–H groups in total. The first-order valence-electron chi connectivity index (χ1n) is 7.23. The summed E-state index contributed by atoms with van der Waals surface area (Å²) in [6.07, 6.45) is 1.76. The number of carbonyl (C=O) groups excluding carboxylic acids is 1.